The largest absolute Gasteiger partial charge is 0.378 e. The standard InChI is InChI=1S/C14H17ClN4O2/c1-9(16)13-17-11-4-2-3-10(15)12(11)14(20)19(13)18-5-7-21-8-6-18/h2-4,9H,5-8,16H2,1H3. The van der Waals surface area contributed by atoms with Gasteiger partial charge in [0.25, 0.3) is 5.56 Å². The average molecular weight is 309 g/mol. The van der Waals surface area contributed by atoms with Crippen molar-refractivity contribution >= 4 is 22.5 Å². The highest BCUT2D eigenvalue weighted by molar-refractivity contribution is 6.35. The molecule has 1 aliphatic rings. The van der Waals surface area contributed by atoms with Crippen LogP contribution in [0.3, 0.4) is 0 Å². The Hall–Kier alpha value is -1.63. The molecule has 2 aromatic rings. The van der Waals surface area contributed by atoms with E-state index in [0.29, 0.717) is 48.1 Å². The van der Waals surface area contributed by atoms with E-state index in [4.69, 9.17) is 22.1 Å². The molecule has 7 heteroatoms. The maximum Gasteiger partial charge on any atom is 0.281 e. The SMILES string of the molecule is CC(N)c1nc2cccc(Cl)c2c(=O)n1N1CCOCC1. The van der Waals surface area contributed by atoms with E-state index in [1.807, 2.05) is 11.9 Å². The fourth-order valence-electron chi connectivity index (χ4n) is 2.52. The van der Waals surface area contributed by atoms with E-state index in [2.05, 4.69) is 4.98 Å². The topological polar surface area (TPSA) is 73.4 Å². The van der Waals surface area contributed by atoms with Gasteiger partial charge in [-0.25, -0.2) is 9.66 Å². The van der Waals surface area contributed by atoms with Crippen LogP contribution in [0.5, 0.6) is 0 Å². The van der Waals surface area contributed by atoms with Gasteiger partial charge in [-0.05, 0) is 19.1 Å². The van der Waals surface area contributed by atoms with E-state index in [0.717, 1.165) is 0 Å². The van der Waals surface area contributed by atoms with Crippen molar-refractivity contribution in [1.82, 2.24) is 9.66 Å². The van der Waals surface area contributed by atoms with Gasteiger partial charge in [0, 0.05) is 0 Å². The third-order valence-corrected chi connectivity index (χ3v) is 3.84. The van der Waals surface area contributed by atoms with Crippen LogP contribution >= 0.6 is 11.6 Å². The van der Waals surface area contributed by atoms with Crippen molar-refractivity contribution in [2.45, 2.75) is 13.0 Å². The van der Waals surface area contributed by atoms with Crippen molar-refractivity contribution in [3.63, 3.8) is 0 Å². The lowest BCUT2D eigenvalue weighted by Gasteiger charge is -2.32. The lowest BCUT2D eigenvalue weighted by molar-refractivity contribution is 0.110. The molecule has 112 valence electrons. The molecule has 0 aliphatic carbocycles. The van der Waals surface area contributed by atoms with Gasteiger partial charge in [-0.15, -0.1) is 0 Å². The number of morpholine rings is 1. The van der Waals surface area contributed by atoms with Crippen molar-refractivity contribution < 1.29 is 4.74 Å². The summed E-state index contributed by atoms with van der Waals surface area (Å²) >= 11 is 6.18. The Balaban J connectivity index is 2.29. The molecule has 0 radical (unpaired) electrons. The van der Waals surface area contributed by atoms with E-state index in [-0.39, 0.29) is 11.6 Å². The van der Waals surface area contributed by atoms with Crippen LogP contribution in [0.15, 0.2) is 23.0 Å². The number of nitrogens with two attached hydrogens (primary N) is 1. The van der Waals surface area contributed by atoms with Gasteiger partial charge < -0.3 is 15.5 Å². The molecule has 6 nitrogen and oxygen atoms in total. The summed E-state index contributed by atoms with van der Waals surface area (Å²) in [5.74, 6) is 0.539. The van der Waals surface area contributed by atoms with Gasteiger partial charge >= 0.3 is 0 Å². The molecule has 1 fully saturated rings. The van der Waals surface area contributed by atoms with E-state index >= 15 is 0 Å². The van der Waals surface area contributed by atoms with Crippen molar-refractivity contribution in [2.75, 3.05) is 31.3 Å². The summed E-state index contributed by atoms with van der Waals surface area (Å²) in [5, 5.41) is 2.75. The van der Waals surface area contributed by atoms with Crippen LogP contribution in [0.1, 0.15) is 18.8 Å². The molecule has 0 bridgehead atoms. The number of ether oxygens (including phenoxy) is 1. The minimum absolute atomic E-state index is 0.181. The zero-order valence-electron chi connectivity index (χ0n) is 11.8. The van der Waals surface area contributed by atoms with Gasteiger partial charge in [0.15, 0.2) is 0 Å². The third kappa shape index (κ3) is 2.50. The third-order valence-electron chi connectivity index (χ3n) is 3.53. The molecule has 3 rings (SSSR count). The number of hydrogen-bond acceptors (Lipinski definition) is 5. The molecular weight excluding hydrogens is 292 g/mol. The van der Waals surface area contributed by atoms with Crippen molar-refractivity contribution in [3.05, 3.63) is 39.4 Å². The zero-order chi connectivity index (χ0) is 15.0. The number of rotatable bonds is 2. The van der Waals surface area contributed by atoms with Crippen LogP contribution in [0.4, 0.5) is 0 Å². The summed E-state index contributed by atoms with van der Waals surface area (Å²) in [4.78, 5) is 17.4. The minimum Gasteiger partial charge on any atom is -0.378 e. The highest BCUT2D eigenvalue weighted by atomic mass is 35.5. The predicted molar refractivity (Wildman–Crippen MR) is 82.4 cm³/mol. The lowest BCUT2D eigenvalue weighted by atomic mass is 10.2. The van der Waals surface area contributed by atoms with Crippen LogP contribution in [0, 0.1) is 0 Å². The minimum atomic E-state index is -0.357. The van der Waals surface area contributed by atoms with Crippen LogP contribution in [-0.4, -0.2) is 36.0 Å². The van der Waals surface area contributed by atoms with Crippen molar-refractivity contribution in [3.8, 4) is 0 Å². The maximum absolute atomic E-state index is 12.9. The number of nitrogens with zero attached hydrogens (tertiary/aromatic N) is 3. The molecular formula is C14H17ClN4O2. The van der Waals surface area contributed by atoms with Gasteiger partial charge in [-0.3, -0.25) is 4.79 Å². The molecule has 1 aliphatic heterocycles. The summed E-state index contributed by atoms with van der Waals surface area (Å²) in [6.45, 7) is 4.21. The smallest absolute Gasteiger partial charge is 0.281 e. The van der Waals surface area contributed by atoms with Crippen LogP contribution in [0.2, 0.25) is 5.02 Å². The molecule has 1 aromatic heterocycles. The Morgan fingerprint density at radius 1 is 1.38 bits per heavy atom. The molecule has 1 aromatic carbocycles. The van der Waals surface area contributed by atoms with E-state index in [9.17, 15) is 4.79 Å². The molecule has 2 N–H and O–H groups in total. The molecule has 21 heavy (non-hydrogen) atoms. The first-order valence-corrected chi connectivity index (χ1v) is 7.27. The van der Waals surface area contributed by atoms with Crippen molar-refractivity contribution in [1.29, 1.82) is 0 Å². The summed E-state index contributed by atoms with van der Waals surface area (Å²) in [6, 6.07) is 4.89. The Morgan fingerprint density at radius 3 is 2.76 bits per heavy atom. The fourth-order valence-corrected chi connectivity index (χ4v) is 2.77. The van der Waals surface area contributed by atoms with Crippen LogP contribution in [0.25, 0.3) is 10.9 Å². The average Bonchev–Trinajstić information content (AvgIpc) is 2.47. The molecule has 1 saturated heterocycles. The quantitative estimate of drug-likeness (QED) is 0.897. The molecule has 0 amide bonds. The lowest BCUT2D eigenvalue weighted by Crippen LogP contribution is -2.51. The number of halogens is 1. The fraction of sp³-hybridized carbons (Fsp3) is 0.429. The molecule has 0 spiro atoms. The second-order valence-corrected chi connectivity index (χ2v) is 5.48. The Bertz CT molecular complexity index is 723. The second-order valence-electron chi connectivity index (χ2n) is 5.08. The van der Waals surface area contributed by atoms with Gasteiger partial charge in [0.2, 0.25) is 0 Å². The van der Waals surface area contributed by atoms with E-state index in [1.54, 1.807) is 22.9 Å². The normalized spacial score (nSPS) is 17.2. The van der Waals surface area contributed by atoms with Gasteiger partial charge in [-0.1, -0.05) is 17.7 Å². The summed E-state index contributed by atoms with van der Waals surface area (Å²) < 4.78 is 6.89. The predicted octanol–water partition coefficient (Wildman–Crippen LogP) is 1.04. The molecule has 1 atom stereocenters. The van der Waals surface area contributed by atoms with E-state index in [1.165, 1.54) is 0 Å². The highest BCUT2D eigenvalue weighted by Crippen LogP contribution is 2.20. The second kappa shape index (κ2) is 5.63. The maximum atomic E-state index is 12.9. The van der Waals surface area contributed by atoms with Crippen LogP contribution < -0.4 is 16.3 Å². The summed E-state index contributed by atoms with van der Waals surface area (Å²) in [6.07, 6.45) is 0. The van der Waals surface area contributed by atoms with Crippen LogP contribution in [-0.2, 0) is 4.74 Å². The highest BCUT2D eigenvalue weighted by Gasteiger charge is 2.21. The molecule has 2 heterocycles. The first-order chi connectivity index (χ1) is 10.1. The Morgan fingerprint density at radius 2 is 2.10 bits per heavy atom. The van der Waals surface area contributed by atoms with Gasteiger partial charge in [0.1, 0.15) is 5.82 Å². The van der Waals surface area contributed by atoms with Gasteiger partial charge in [0.05, 0.1) is 48.3 Å². The van der Waals surface area contributed by atoms with Crippen molar-refractivity contribution in [2.24, 2.45) is 5.73 Å². The summed E-state index contributed by atoms with van der Waals surface area (Å²) in [7, 11) is 0. The number of aromatic nitrogens is 2. The van der Waals surface area contributed by atoms with Gasteiger partial charge in [-0.2, -0.15) is 0 Å². The summed E-state index contributed by atoms with van der Waals surface area (Å²) in [5.41, 5.74) is 6.40. The molecule has 0 saturated carbocycles. The number of fused-ring (bicyclic) bond motifs is 1. The number of benzene rings is 1. The molecule has 1 unspecified atom stereocenters. The Labute approximate surface area is 127 Å². The monoisotopic (exact) mass is 308 g/mol. The number of hydrogen-bond donors (Lipinski definition) is 1. The Kier molecular flexibility index (Phi) is 3.84. The first-order valence-electron chi connectivity index (χ1n) is 6.89. The van der Waals surface area contributed by atoms with E-state index < -0.39 is 0 Å². The zero-order valence-corrected chi connectivity index (χ0v) is 12.5. The first kappa shape index (κ1) is 14.3.